The van der Waals surface area contributed by atoms with Crippen LogP contribution in [0.4, 0.5) is 0 Å². The second-order valence-electron chi connectivity index (χ2n) is 8.38. The molecule has 7 nitrogen and oxygen atoms in total. The first kappa shape index (κ1) is 26.7. The topological polar surface area (TPSA) is 102 Å². The van der Waals surface area contributed by atoms with E-state index in [4.69, 9.17) is 32.7 Å². The van der Waals surface area contributed by atoms with Gasteiger partial charge in [0.25, 0.3) is 0 Å². The molecule has 0 atom stereocenters. The highest BCUT2D eigenvalue weighted by Gasteiger charge is 2.26. The second kappa shape index (κ2) is 11.3. The lowest BCUT2D eigenvalue weighted by Crippen LogP contribution is -2.19. The summed E-state index contributed by atoms with van der Waals surface area (Å²) in [7, 11) is -3.49. The summed E-state index contributed by atoms with van der Waals surface area (Å²) in [5.41, 5.74) is 2.22. The van der Waals surface area contributed by atoms with Gasteiger partial charge < -0.3 is 9.47 Å². The summed E-state index contributed by atoms with van der Waals surface area (Å²) in [6, 6.07) is 14.9. The van der Waals surface area contributed by atoms with E-state index in [0.717, 1.165) is 17.4 Å². The molecule has 10 heteroatoms. The van der Waals surface area contributed by atoms with Gasteiger partial charge >= 0.3 is 0 Å². The number of nitrogens with zero attached hydrogens (tertiary/aromatic N) is 3. The van der Waals surface area contributed by atoms with Gasteiger partial charge in [-0.2, -0.15) is 5.26 Å². The first-order chi connectivity index (χ1) is 16.6. The summed E-state index contributed by atoms with van der Waals surface area (Å²) < 4.78 is 34.7. The highest BCUT2D eigenvalue weighted by Crippen LogP contribution is 2.38. The van der Waals surface area contributed by atoms with Gasteiger partial charge in [-0.3, -0.25) is 0 Å². The highest BCUT2D eigenvalue weighted by atomic mass is 35.5. The van der Waals surface area contributed by atoms with Crippen LogP contribution in [0.3, 0.4) is 0 Å². The maximum atomic E-state index is 11.6. The van der Waals surface area contributed by atoms with E-state index in [9.17, 15) is 13.7 Å². The molecule has 184 valence electrons. The number of nitriles is 1. The fourth-order valence-electron chi connectivity index (χ4n) is 3.34. The standard InChI is InChI=1S/C25H25Cl2N3O4S/c1-25(2,19-13-17(15-28)23(22(27)14-19)33-12-4-10-26)18-5-7-21(8-6-18)34-16-20-9-11-29-24(30-20)35(3,31)32/h5-9,11,13-14H,4,10,12,16H2,1-3H3. The lowest BCUT2D eigenvalue weighted by atomic mass is 9.77. The number of alkyl halides is 1. The number of halogens is 2. The monoisotopic (exact) mass is 533 g/mol. The molecule has 0 unspecified atom stereocenters. The van der Waals surface area contributed by atoms with Crippen molar-refractivity contribution in [3.05, 3.63) is 76.1 Å². The molecule has 0 radical (unpaired) electrons. The lowest BCUT2D eigenvalue weighted by molar-refractivity contribution is 0.299. The van der Waals surface area contributed by atoms with Gasteiger partial charge in [0.1, 0.15) is 18.4 Å². The van der Waals surface area contributed by atoms with Crippen molar-refractivity contribution in [1.82, 2.24) is 9.97 Å². The van der Waals surface area contributed by atoms with Crippen molar-refractivity contribution >= 4 is 33.0 Å². The first-order valence-corrected chi connectivity index (χ1v) is 13.5. The van der Waals surface area contributed by atoms with E-state index in [2.05, 4.69) is 16.0 Å². The molecule has 1 heterocycles. The Morgan fingerprint density at radius 1 is 1.09 bits per heavy atom. The van der Waals surface area contributed by atoms with Gasteiger partial charge in [-0.05, 0) is 47.9 Å². The number of sulfone groups is 1. The summed E-state index contributed by atoms with van der Waals surface area (Å²) in [4.78, 5) is 7.81. The summed E-state index contributed by atoms with van der Waals surface area (Å²) in [6.07, 6.45) is 3.10. The number of ether oxygens (including phenoxy) is 2. The SMILES string of the molecule is CC(C)(c1ccc(OCc2ccnc(S(C)(=O)=O)n2)cc1)c1cc(Cl)c(OCCCCl)c(C#N)c1. The normalized spacial score (nSPS) is 11.7. The summed E-state index contributed by atoms with van der Waals surface area (Å²) in [6.45, 7) is 4.56. The van der Waals surface area contributed by atoms with Gasteiger partial charge in [-0.25, -0.2) is 18.4 Å². The molecule has 0 aliphatic heterocycles. The predicted octanol–water partition coefficient (Wildman–Crippen LogP) is 5.32. The minimum atomic E-state index is -3.49. The van der Waals surface area contributed by atoms with Gasteiger partial charge in [0.2, 0.25) is 15.0 Å². The van der Waals surface area contributed by atoms with E-state index >= 15 is 0 Å². The third kappa shape index (κ3) is 6.63. The van der Waals surface area contributed by atoms with Gasteiger partial charge in [-0.15, -0.1) is 11.6 Å². The molecule has 0 bridgehead atoms. The highest BCUT2D eigenvalue weighted by molar-refractivity contribution is 7.90. The van der Waals surface area contributed by atoms with Crippen molar-refractivity contribution in [3.8, 4) is 17.6 Å². The first-order valence-electron chi connectivity index (χ1n) is 10.7. The molecule has 0 saturated carbocycles. The lowest BCUT2D eigenvalue weighted by Gasteiger charge is -2.27. The fraction of sp³-hybridized carbons (Fsp3) is 0.320. The number of rotatable bonds is 10. The Morgan fingerprint density at radius 2 is 1.80 bits per heavy atom. The van der Waals surface area contributed by atoms with Crippen LogP contribution in [0.15, 0.2) is 53.8 Å². The Balaban J connectivity index is 1.77. The Labute approximate surface area is 215 Å². The third-order valence-electron chi connectivity index (χ3n) is 5.40. The van der Waals surface area contributed by atoms with Crippen LogP contribution in [0.25, 0.3) is 0 Å². The fourth-order valence-corrected chi connectivity index (χ4v) is 4.26. The number of hydrogen-bond acceptors (Lipinski definition) is 7. The minimum absolute atomic E-state index is 0.0973. The molecule has 0 aliphatic carbocycles. The Hall–Kier alpha value is -2.86. The quantitative estimate of drug-likeness (QED) is 0.197. The van der Waals surface area contributed by atoms with E-state index in [1.54, 1.807) is 12.1 Å². The predicted molar refractivity (Wildman–Crippen MR) is 135 cm³/mol. The third-order valence-corrected chi connectivity index (χ3v) is 6.80. The van der Waals surface area contributed by atoms with Crippen LogP contribution >= 0.6 is 23.2 Å². The average molecular weight is 534 g/mol. The van der Waals surface area contributed by atoms with Crippen molar-refractivity contribution in [3.63, 3.8) is 0 Å². The van der Waals surface area contributed by atoms with E-state index in [1.165, 1.54) is 6.20 Å². The molecule has 0 spiro atoms. The molecule has 0 amide bonds. The van der Waals surface area contributed by atoms with Crippen LogP contribution in [-0.2, 0) is 21.9 Å². The average Bonchev–Trinajstić information content (AvgIpc) is 2.83. The summed E-state index contributed by atoms with van der Waals surface area (Å²) >= 11 is 12.2. The Morgan fingerprint density at radius 3 is 2.43 bits per heavy atom. The van der Waals surface area contributed by atoms with E-state index in [0.29, 0.717) is 46.7 Å². The van der Waals surface area contributed by atoms with Gasteiger partial charge in [0.15, 0.2) is 5.75 Å². The van der Waals surface area contributed by atoms with Crippen LogP contribution in [0, 0.1) is 11.3 Å². The van der Waals surface area contributed by atoms with Crippen LogP contribution in [0.1, 0.15) is 42.7 Å². The Bertz CT molecular complexity index is 1340. The largest absolute Gasteiger partial charge is 0.491 e. The molecule has 35 heavy (non-hydrogen) atoms. The van der Waals surface area contributed by atoms with Crippen molar-refractivity contribution in [2.24, 2.45) is 0 Å². The molecule has 0 saturated heterocycles. The zero-order chi connectivity index (χ0) is 25.6. The van der Waals surface area contributed by atoms with Crippen molar-refractivity contribution in [2.75, 3.05) is 18.7 Å². The molecule has 3 aromatic rings. The zero-order valence-corrected chi connectivity index (χ0v) is 21.9. The maximum Gasteiger partial charge on any atom is 0.247 e. The molecule has 0 fully saturated rings. The number of benzene rings is 2. The summed E-state index contributed by atoms with van der Waals surface area (Å²) in [5.74, 6) is 1.43. The van der Waals surface area contributed by atoms with E-state index < -0.39 is 15.3 Å². The van der Waals surface area contributed by atoms with Crippen LogP contribution in [-0.4, -0.2) is 37.1 Å². The van der Waals surface area contributed by atoms with Crippen LogP contribution in [0.5, 0.6) is 11.5 Å². The number of hydrogen-bond donors (Lipinski definition) is 0. The number of aromatic nitrogens is 2. The van der Waals surface area contributed by atoms with Gasteiger partial charge in [-0.1, -0.05) is 37.6 Å². The molecule has 0 aliphatic rings. The van der Waals surface area contributed by atoms with Gasteiger partial charge in [0, 0.05) is 23.7 Å². The van der Waals surface area contributed by atoms with E-state index in [1.807, 2.05) is 44.2 Å². The molecule has 2 aromatic carbocycles. The van der Waals surface area contributed by atoms with Crippen molar-refractivity contribution < 1.29 is 17.9 Å². The van der Waals surface area contributed by atoms with Crippen molar-refractivity contribution in [2.45, 2.75) is 37.4 Å². The molecular weight excluding hydrogens is 509 g/mol. The Kier molecular flexibility index (Phi) is 8.60. The molecule has 3 rings (SSSR count). The van der Waals surface area contributed by atoms with Crippen LogP contribution in [0.2, 0.25) is 5.02 Å². The summed E-state index contributed by atoms with van der Waals surface area (Å²) in [5, 5.41) is 9.78. The smallest absolute Gasteiger partial charge is 0.247 e. The molecular formula is C25H25Cl2N3O4S. The van der Waals surface area contributed by atoms with E-state index in [-0.39, 0.29) is 11.8 Å². The second-order valence-corrected chi connectivity index (χ2v) is 11.1. The van der Waals surface area contributed by atoms with Crippen molar-refractivity contribution in [1.29, 1.82) is 5.26 Å². The zero-order valence-electron chi connectivity index (χ0n) is 19.6. The van der Waals surface area contributed by atoms with Gasteiger partial charge in [0.05, 0.1) is 22.9 Å². The van der Waals surface area contributed by atoms with Crippen LogP contribution < -0.4 is 9.47 Å². The maximum absolute atomic E-state index is 11.6. The molecule has 0 N–H and O–H groups in total. The minimum Gasteiger partial charge on any atom is -0.491 e. The molecule has 1 aromatic heterocycles.